The van der Waals surface area contributed by atoms with Gasteiger partial charge in [-0.05, 0) is 49.7 Å². The Morgan fingerprint density at radius 3 is 2.42 bits per heavy atom. The van der Waals surface area contributed by atoms with Gasteiger partial charge in [0, 0.05) is 43.1 Å². The van der Waals surface area contributed by atoms with Gasteiger partial charge in [0.1, 0.15) is 24.2 Å². The highest BCUT2D eigenvalue weighted by Crippen LogP contribution is 2.19. The second-order valence-electron chi connectivity index (χ2n) is 6.23. The summed E-state index contributed by atoms with van der Waals surface area (Å²) >= 11 is 1.80. The van der Waals surface area contributed by atoms with Crippen LogP contribution in [-0.4, -0.2) is 56.6 Å². The van der Waals surface area contributed by atoms with Crippen molar-refractivity contribution in [1.82, 2.24) is 4.90 Å². The molecule has 144 valence electrons. The number of benzene rings is 1. The summed E-state index contributed by atoms with van der Waals surface area (Å²) in [6, 6.07) is 11.7. The molecule has 0 unspecified atom stereocenters. The molecule has 5 nitrogen and oxygen atoms in total. The predicted octanol–water partition coefficient (Wildman–Crippen LogP) is 3.34. The first-order chi connectivity index (χ1) is 12.6. The Kier molecular flexibility index (Phi) is 8.91. The number of methoxy groups -OCH3 is 2. The Hall–Kier alpha value is -1.60. The van der Waals surface area contributed by atoms with Crippen molar-refractivity contribution in [2.45, 2.75) is 26.0 Å². The number of aliphatic hydroxyl groups is 1. The van der Waals surface area contributed by atoms with Gasteiger partial charge in [-0.2, -0.15) is 0 Å². The minimum absolute atomic E-state index is 0.260. The Bertz CT molecular complexity index is 629. The molecule has 1 heterocycles. The van der Waals surface area contributed by atoms with Gasteiger partial charge in [0.2, 0.25) is 0 Å². The lowest BCUT2D eigenvalue weighted by Gasteiger charge is -2.24. The third-order valence-electron chi connectivity index (χ3n) is 3.97. The topological polar surface area (TPSA) is 51.2 Å². The number of thiophene rings is 1. The fourth-order valence-corrected chi connectivity index (χ4v) is 3.61. The van der Waals surface area contributed by atoms with Crippen LogP contribution in [0.25, 0.3) is 0 Å². The number of hydrogen-bond donors (Lipinski definition) is 1. The van der Waals surface area contributed by atoms with Crippen LogP contribution in [0.15, 0.2) is 36.4 Å². The van der Waals surface area contributed by atoms with Crippen LogP contribution in [0.1, 0.15) is 16.2 Å². The van der Waals surface area contributed by atoms with Crippen molar-refractivity contribution in [3.63, 3.8) is 0 Å². The quantitative estimate of drug-likeness (QED) is 0.573. The van der Waals surface area contributed by atoms with E-state index in [2.05, 4.69) is 24.0 Å². The van der Waals surface area contributed by atoms with Crippen molar-refractivity contribution in [1.29, 1.82) is 0 Å². The molecule has 1 aromatic heterocycles. The van der Waals surface area contributed by atoms with Gasteiger partial charge in [0.05, 0.1) is 7.11 Å². The number of rotatable bonds is 12. The molecule has 26 heavy (non-hydrogen) atoms. The van der Waals surface area contributed by atoms with Gasteiger partial charge in [-0.3, -0.25) is 4.90 Å². The van der Waals surface area contributed by atoms with Crippen molar-refractivity contribution in [2.75, 3.05) is 40.5 Å². The maximum atomic E-state index is 10.4. The number of ether oxygens (including phenoxy) is 3. The summed E-state index contributed by atoms with van der Waals surface area (Å²) < 4.78 is 16.0. The summed E-state index contributed by atoms with van der Waals surface area (Å²) in [5.41, 5.74) is 0. The molecule has 2 rings (SSSR count). The first kappa shape index (κ1) is 20.7. The van der Waals surface area contributed by atoms with Crippen molar-refractivity contribution in [3.8, 4) is 11.5 Å². The fraction of sp³-hybridized carbons (Fsp3) is 0.500. The minimum Gasteiger partial charge on any atom is -0.497 e. The first-order valence-electron chi connectivity index (χ1n) is 8.82. The molecule has 1 atom stereocenters. The van der Waals surface area contributed by atoms with E-state index in [0.29, 0.717) is 6.54 Å². The van der Waals surface area contributed by atoms with Crippen LogP contribution in [0, 0.1) is 6.92 Å². The van der Waals surface area contributed by atoms with Gasteiger partial charge in [-0.1, -0.05) is 0 Å². The van der Waals surface area contributed by atoms with Crippen LogP contribution in [0.3, 0.4) is 0 Å². The molecule has 1 N–H and O–H groups in total. The highest BCUT2D eigenvalue weighted by atomic mass is 32.1. The average Bonchev–Trinajstić information content (AvgIpc) is 3.05. The molecular weight excluding hydrogens is 350 g/mol. The molecule has 0 aliphatic heterocycles. The van der Waals surface area contributed by atoms with Crippen LogP contribution < -0.4 is 9.47 Å². The standard InChI is InChI=1S/C20H29NO4S/c1-16-5-10-20(26-16)14-21(11-4-12-23-2)13-17(22)15-25-19-8-6-18(24-3)7-9-19/h5-10,17,22H,4,11-15H2,1-3H3/t17-/m0/s1. The molecule has 0 aliphatic carbocycles. The van der Waals surface area contributed by atoms with Crippen LogP contribution in [0.5, 0.6) is 11.5 Å². The SMILES string of the molecule is COCCCN(Cc1ccc(C)s1)C[C@H](O)COc1ccc(OC)cc1. The molecule has 0 bridgehead atoms. The zero-order valence-corrected chi connectivity index (χ0v) is 16.6. The van der Waals surface area contributed by atoms with E-state index in [9.17, 15) is 5.11 Å². The second kappa shape index (κ2) is 11.2. The first-order valence-corrected chi connectivity index (χ1v) is 9.64. The minimum atomic E-state index is -0.555. The van der Waals surface area contributed by atoms with Gasteiger partial charge in [-0.25, -0.2) is 0 Å². The van der Waals surface area contributed by atoms with Gasteiger partial charge in [-0.15, -0.1) is 11.3 Å². The summed E-state index contributed by atoms with van der Waals surface area (Å²) in [5.74, 6) is 1.51. The highest BCUT2D eigenvalue weighted by Gasteiger charge is 2.14. The molecule has 0 aliphatic rings. The molecule has 1 aromatic carbocycles. The molecule has 6 heteroatoms. The summed E-state index contributed by atoms with van der Waals surface area (Å²) in [6.45, 7) is 5.37. The zero-order valence-electron chi connectivity index (χ0n) is 15.8. The monoisotopic (exact) mass is 379 g/mol. The summed E-state index contributed by atoms with van der Waals surface area (Å²) in [5, 5.41) is 10.4. The molecule has 2 aromatic rings. The number of aryl methyl sites for hydroxylation is 1. The third-order valence-corrected chi connectivity index (χ3v) is 4.95. The summed E-state index contributed by atoms with van der Waals surface area (Å²) in [6.07, 6.45) is 0.383. The van der Waals surface area contributed by atoms with E-state index in [4.69, 9.17) is 14.2 Å². The summed E-state index contributed by atoms with van der Waals surface area (Å²) in [7, 11) is 3.34. The molecular formula is C20H29NO4S. The average molecular weight is 380 g/mol. The lowest BCUT2D eigenvalue weighted by atomic mass is 10.3. The van der Waals surface area contributed by atoms with Gasteiger partial charge < -0.3 is 19.3 Å². The van der Waals surface area contributed by atoms with Gasteiger partial charge in [0.15, 0.2) is 0 Å². The molecule has 0 saturated heterocycles. The third kappa shape index (κ3) is 7.33. The Balaban J connectivity index is 1.83. The molecule has 0 amide bonds. The maximum Gasteiger partial charge on any atom is 0.119 e. The second-order valence-corrected chi connectivity index (χ2v) is 7.61. The Morgan fingerprint density at radius 2 is 1.81 bits per heavy atom. The van der Waals surface area contributed by atoms with E-state index >= 15 is 0 Å². The Morgan fingerprint density at radius 1 is 1.08 bits per heavy atom. The smallest absolute Gasteiger partial charge is 0.119 e. The van der Waals surface area contributed by atoms with Crippen LogP contribution in [0.2, 0.25) is 0 Å². The van der Waals surface area contributed by atoms with Crippen LogP contribution in [0.4, 0.5) is 0 Å². The number of nitrogens with zero attached hydrogens (tertiary/aromatic N) is 1. The van der Waals surface area contributed by atoms with E-state index in [0.717, 1.165) is 37.6 Å². The highest BCUT2D eigenvalue weighted by molar-refractivity contribution is 7.11. The van der Waals surface area contributed by atoms with Crippen LogP contribution >= 0.6 is 11.3 Å². The largest absolute Gasteiger partial charge is 0.497 e. The number of hydrogen-bond acceptors (Lipinski definition) is 6. The van der Waals surface area contributed by atoms with E-state index in [-0.39, 0.29) is 6.61 Å². The zero-order chi connectivity index (χ0) is 18.8. The van der Waals surface area contributed by atoms with Crippen LogP contribution in [-0.2, 0) is 11.3 Å². The Labute approximate surface area is 160 Å². The van der Waals surface area contributed by atoms with E-state index in [1.54, 1.807) is 25.6 Å². The normalized spacial score (nSPS) is 12.3. The van der Waals surface area contributed by atoms with Crippen molar-refractivity contribution in [3.05, 3.63) is 46.2 Å². The molecule has 0 fully saturated rings. The van der Waals surface area contributed by atoms with Crippen molar-refractivity contribution >= 4 is 11.3 Å². The molecule has 0 saturated carbocycles. The maximum absolute atomic E-state index is 10.4. The molecule has 0 radical (unpaired) electrons. The molecule has 0 spiro atoms. The van der Waals surface area contributed by atoms with Gasteiger partial charge in [0.25, 0.3) is 0 Å². The lowest BCUT2D eigenvalue weighted by molar-refractivity contribution is 0.0621. The fourth-order valence-electron chi connectivity index (χ4n) is 2.67. The summed E-state index contributed by atoms with van der Waals surface area (Å²) in [4.78, 5) is 4.87. The predicted molar refractivity (Wildman–Crippen MR) is 105 cm³/mol. The van der Waals surface area contributed by atoms with E-state index in [1.807, 2.05) is 24.3 Å². The van der Waals surface area contributed by atoms with E-state index < -0.39 is 6.10 Å². The van der Waals surface area contributed by atoms with E-state index in [1.165, 1.54) is 9.75 Å². The van der Waals surface area contributed by atoms with Gasteiger partial charge >= 0.3 is 0 Å². The van der Waals surface area contributed by atoms with Crippen molar-refractivity contribution < 1.29 is 19.3 Å². The van der Waals surface area contributed by atoms with Crippen molar-refractivity contribution in [2.24, 2.45) is 0 Å². The number of aliphatic hydroxyl groups excluding tert-OH is 1. The lowest BCUT2D eigenvalue weighted by Crippen LogP contribution is -2.36.